The molecule has 0 spiro atoms. The highest BCUT2D eigenvalue weighted by Gasteiger charge is 2.39. The van der Waals surface area contributed by atoms with E-state index in [1.165, 1.54) is 11.8 Å². The Bertz CT molecular complexity index is 1360. The van der Waals surface area contributed by atoms with Crippen LogP contribution in [0.3, 0.4) is 0 Å². The first kappa shape index (κ1) is 28.8. The minimum absolute atomic E-state index is 0.108. The third kappa shape index (κ3) is 6.67. The van der Waals surface area contributed by atoms with Crippen molar-refractivity contribution in [1.82, 2.24) is 20.5 Å². The van der Waals surface area contributed by atoms with Gasteiger partial charge in [0.25, 0.3) is 0 Å². The van der Waals surface area contributed by atoms with Gasteiger partial charge in [-0.25, -0.2) is 4.79 Å². The second-order valence-corrected chi connectivity index (χ2v) is 10.2. The van der Waals surface area contributed by atoms with Crippen molar-refractivity contribution in [2.75, 3.05) is 6.54 Å². The second-order valence-electron chi connectivity index (χ2n) is 10.2. The Morgan fingerprint density at radius 3 is 2.38 bits per heavy atom. The Morgan fingerprint density at radius 1 is 1.00 bits per heavy atom. The normalized spacial score (nSPS) is 18.1. The number of amides is 3. The summed E-state index contributed by atoms with van der Waals surface area (Å²) in [6, 6.07) is 12.2. The number of hydrogen-bond donors (Lipinski definition) is 6. The molecular weight excluding hydrogens is 514 g/mol. The van der Waals surface area contributed by atoms with Gasteiger partial charge in [0.05, 0.1) is 6.10 Å². The highest BCUT2D eigenvalue weighted by atomic mass is 16.4. The number of likely N-dealkylation sites (tertiary alicyclic amines) is 1. The van der Waals surface area contributed by atoms with Crippen LogP contribution in [0.15, 0.2) is 60.8 Å². The van der Waals surface area contributed by atoms with Crippen molar-refractivity contribution in [2.24, 2.45) is 5.73 Å². The first-order chi connectivity index (χ1) is 19.2. The molecule has 1 saturated heterocycles. The van der Waals surface area contributed by atoms with E-state index in [9.17, 15) is 29.4 Å². The maximum absolute atomic E-state index is 13.8. The number of nitrogens with zero attached hydrogens (tertiary/aromatic N) is 1. The van der Waals surface area contributed by atoms with Gasteiger partial charge in [0.1, 0.15) is 24.2 Å². The number of aliphatic hydroxyl groups is 1. The van der Waals surface area contributed by atoms with Crippen molar-refractivity contribution in [3.63, 3.8) is 0 Å². The maximum Gasteiger partial charge on any atom is 0.326 e. The van der Waals surface area contributed by atoms with Gasteiger partial charge in [-0.15, -0.1) is 0 Å². The Hall–Kier alpha value is -4.22. The number of aliphatic hydroxyl groups excluding tert-OH is 1. The fourth-order valence-electron chi connectivity index (χ4n) is 5.03. The number of aromatic amines is 1. The molecular formula is C29H35N5O6. The van der Waals surface area contributed by atoms with E-state index in [0.29, 0.717) is 12.8 Å². The largest absolute Gasteiger partial charge is 0.480 e. The van der Waals surface area contributed by atoms with Crippen LogP contribution >= 0.6 is 0 Å². The van der Waals surface area contributed by atoms with E-state index in [2.05, 4.69) is 15.6 Å². The lowest BCUT2D eigenvalue weighted by molar-refractivity contribution is -0.149. The van der Waals surface area contributed by atoms with Crippen LogP contribution in [0.4, 0.5) is 0 Å². The average Bonchev–Trinajstić information content (AvgIpc) is 3.60. The summed E-state index contributed by atoms with van der Waals surface area (Å²) in [7, 11) is 0. The Balaban J connectivity index is 1.62. The molecule has 3 aromatic rings. The number of carbonyl (C=O) groups excluding carboxylic acids is 3. The molecule has 2 aromatic carbocycles. The Labute approximate surface area is 231 Å². The van der Waals surface area contributed by atoms with E-state index >= 15 is 0 Å². The Kier molecular flexibility index (Phi) is 9.18. The van der Waals surface area contributed by atoms with Crippen molar-refractivity contribution in [2.45, 2.75) is 62.9 Å². The van der Waals surface area contributed by atoms with Crippen LogP contribution < -0.4 is 16.4 Å². The van der Waals surface area contributed by atoms with E-state index < -0.39 is 54.0 Å². The second kappa shape index (κ2) is 12.8. The number of hydrogen-bond acceptors (Lipinski definition) is 6. The molecule has 5 atom stereocenters. The van der Waals surface area contributed by atoms with Crippen LogP contribution in [0.1, 0.15) is 30.9 Å². The van der Waals surface area contributed by atoms with Gasteiger partial charge < -0.3 is 36.5 Å². The van der Waals surface area contributed by atoms with Gasteiger partial charge in [0, 0.05) is 36.5 Å². The van der Waals surface area contributed by atoms with Crippen molar-refractivity contribution in [1.29, 1.82) is 0 Å². The van der Waals surface area contributed by atoms with E-state index in [1.54, 1.807) is 30.5 Å². The van der Waals surface area contributed by atoms with Crippen molar-refractivity contribution in [3.05, 3.63) is 71.9 Å². The highest BCUT2D eigenvalue weighted by Crippen LogP contribution is 2.23. The predicted molar refractivity (Wildman–Crippen MR) is 148 cm³/mol. The first-order valence-corrected chi connectivity index (χ1v) is 13.3. The molecule has 1 aliphatic rings. The zero-order valence-electron chi connectivity index (χ0n) is 22.2. The van der Waals surface area contributed by atoms with E-state index in [1.807, 2.05) is 30.3 Å². The number of rotatable bonds is 11. The highest BCUT2D eigenvalue weighted by molar-refractivity contribution is 5.95. The summed E-state index contributed by atoms with van der Waals surface area (Å²) in [5, 5.41) is 25.7. The van der Waals surface area contributed by atoms with Crippen LogP contribution in [0.5, 0.6) is 0 Å². The summed E-state index contributed by atoms with van der Waals surface area (Å²) in [6.07, 6.45) is 1.72. The third-order valence-electron chi connectivity index (χ3n) is 7.27. The number of aromatic nitrogens is 1. The molecule has 1 fully saturated rings. The van der Waals surface area contributed by atoms with E-state index in [4.69, 9.17) is 5.73 Å². The molecule has 11 nitrogen and oxygen atoms in total. The number of benzene rings is 2. The summed E-state index contributed by atoms with van der Waals surface area (Å²) in [5.74, 6) is -2.94. The van der Waals surface area contributed by atoms with Crippen LogP contribution in [-0.4, -0.2) is 80.6 Å². The number of aliphatic carboxylic acids is 1. The molecule has 2 heterocycles. The number of carboxylic acids is 1. The van der Waals surface area contributed by atoms with Crippen molar-refractivity contribution < 1.29 is 29.4 Å². The topological polar surface area (TPSA) is 178 Å². The molecule has 0 radical (unpaired) electrons. The molecule has 0 saturated carbocycles. The van der Waals surface area contributed by atoms with Crippen LogP contribution in [-0.2, 0) is 32.0 Å². The molecule has 5 unspecified atom stereocenters. The fraction of sp³-hybridized carbons (Fsp3) is 0.379. The third-order valence-corrected chi connectivity index (χ3v) is 7.27. The summed E-state index contributed by atoms with van der Waals surface area (Å²) in [5.41, 5.74) is 8.21. The van der Waals surface area contributed by atoms with Gasteiger partial charge >= 0.3 is 5.97 Å². The molecule has 3 amide bonds. The van der Waals surface area contributed by atoms with Gasteiger partial charge in [0.2, 0.25) is 17.7 Å². The number of para-hydroxylation sites is 1. The lowest BCUT2D eigenvalue weighted by Gasteiger charge is -2.29. The number of fused-ring (bicyclic) bond motifs is 1. The quantitative estimate of drug-likeness (QED) is 0.204. The van der Waals surface area contributed by atoms with E-state index in [0.717, 1.165) is 22.0 Å². The summed E-state index contributed by atoms with van der Waals surface area (Å²) in [6.45, 7) is 1.64. The predicted octanol–water partition coefficient (Wildman–Crippen LogP) is 0.706. The van der Waals surface area contributed by atoms with Crippen molar-refractivity contribution >= 4 is 34.6 Å². The molecule has 40 heavy (non-hydrogen) atoms. The minimum Gasteiger partial charge on any atom is -0.480 e. The number of nitrogens with two attached hydrogens (primary N) is 1. The zero-order valence-corrected chi connectivity index (χ0v) is 22.2. The van der Waals surface area contributed by atoms with Gasteiger partial charge in [0.15, 0.2) is 0 Å². The fourth-order valence-corrected chi connectivity index (χ4v) is 5.03. The SMILES string of the molecule is CC(O)C(N)C(=O)NC(Cc1ccccc1)C(=O)NC(Cc1c[nH]c2ccccc12)C(=O)N1CCCC1C(=O)O. The van der Waals surface area contributed by atoms with Gasteiger partial charge in [-0.05, 0) is 37.0 Å². The van der Waals surface area contributed by atoms with Gasteiger partial charge in [-0.1, -0.05) is 48.5 Å². The van der Waals surface area contributed by atoms with Crippen LogP contribution in [0.25, 0.3) is 10.9 Å². The number of carboxylic acid groups (broad SMARTS) is 1. The maximum atomic E-state index is 13.8. The average molecular weight is 550 g/mol. The summed E-state index contributed by atoms with van der Waals surface area (Å²) < 4.78 is 0. The van der Waals surface area contributed by atoms with Crippen LogP contribution in [0.2, 0.25) is 0 Å². The lowest BCUT2D eigenvalue weighted by atomic mass is 10.0. The number of carbonyl (C=O) groups is 4. The lowest BCUT2D eigenvalue weighted by Crippen LogP contribution is -2.59. The van der Waals surface area contributed by atoms with Gasteiger partial charge in [-0.3, -0.25) is 14.4 Å². The minimum atomic E-state index is -1.25. The molecule has 212 valence electrons. The monoisotopic (exact) mass is 549 g/mol. The summed E-state index contributed by atoms with van der Waals surface area (Å²) in [4.78, 5) is 56.5. The zero-order chi connectivity index (χ0) is 28.8. The van der Waals surface area contributed by atoms with Crippen molar-refractivity contribution in [3.8, 4) is 0 Å². The van der Waals surface area contributed by atoms with E-state index in [-0.39, 0.29) is 19.4 Å². The molecule has 0 bridgehead atoms. The first-order valence-electron chi connectivity index (χ1n) is 13.3. The molecule has 1 aromatic heterocycles. The van der Waals surface area contributed by atoms with Gasteiger partial charge in [-0.2, -0.15) is 0 Å². The smallest absolute Gasteiger partial charge is 0.326 e. The van der Waals surface area contributed by atoms with Crippen LogP contribution in [0, 0.1) is 0 Å². The number of H-pyrrole nitrogens is 1. The molecule has 0 aliphatic carbocycles. The Morgan fingerprint density at radius 2 is 1.68 bits per heavy atom. The molecule has 11 heteroatoms. The standard InChI is InChI=1S/C29H35N5O6/c1-17(35)25(30)27(37)32-22(14-18-8-3-2-4-9-18)26(36)33-23(28(38)34-13-7-12-24(34)29(39)40)15-19-16-31-21-11-6-5-10-20(19)21/h2-6,8-11,16-17,22-25,31,35H,7,12-15,30H2,1H3,(H,32,37)(H,33,36)(H,39,40). The molecule has 1 aliphatic heterocycles. The molecule has 7 N–H and O–H groups in total. The number of nitrogens with one attached hydrogen (secondary N) is 3. The summed E-state index contributed by atoms with van der Waals surface area (Å²) >= 11 is 0. The molecule has 4 rings (SSSR count).